The van der Waals surface area contributed by atoms with Gasteiger partial charge in [-0.25, -0.2) is 0 Å². The van der Waals surface area contributed by atoms with E-state index in [1.165, 1.54) is 0 Å². The quantitative estimate of drug-likeness (QED) is 0.778. The maximum Gasteiger partial charge on any atom is 0.263 e. The Labute approximate surface area is 151 Å². The number of aryl methyl sites for hydroxylation is 2. The molecule has 24 heavy (non-hydrogen) atoms. The standard InChI is InChI=1S/C18H18Cl2O4/c1-11-9-13(3-5-15(11)19)23-17-18(22-8-7-21-17)24-14-4-6-16(20)12(2)10-14/h3-6,9-10,17-18H,7-8H2,1-2H3/t17-,18-/m0/s1. The van der Waals surface area contributed by atoms with Crippen molar-refractivity contribution in [2.45, 2.75) is 26.4 Å². The lowest BCUT2D eigenvalue weighted by atomic mass is 10.2. The van der Waals surface area contributed by atoms with E-state index in [9.17, 15) is 0 Å². The molecule has 2 aromatic rings. The fourth-order valence-corrected chi connectivity index (χ4v) is 2.55. The molecule has 0 bridgehead atoms. The summed E-state index contributed by atoms with van der Waals surface area (Å²) in [5.74, 6) is 1.29. The van der Waals surface area contributed by atoms with E-state index in [0.717, 1.165) is 11.1 Å². The smallest absolute Gasteiger partial charge is 0.263 e. The summed E-state index contributed by atoms with van der Waals surface area (Å²) in [6.45, 7) is 4.71. The average molecular weight is 369 g/mol. The SMILES string of the molecule is Cc1cc(O[C@@H]2OCCO[C@H]2Oc2ccc(Cl)c(C)c2)ccc1Cl. The zero-order valence-electron chi connectivity index (χ0n) is 13.4. The Bertz CT molecular complexity index is 659. The number of benzene rings is 2. The predicted octanol–water partition coefficient (Wildman–Crippen LogP) is 4.77. The number of rotatable bonds is 4. The monoisotopic (exact) mass is 368 g/mol. The summed E-state index contributed by atoms with van der Waals surface area (Å²) in [6, 6.07) is 10.9. The van der Waals surface area contributed by atoms with E-state index in [-0.39, 0.29) is 0 Å². The van der Waals surface area contributed by atoms with Crippen LogP contribution in [0.4, 0.5) is 0 Å². The fraction of sp³-hybridized carbons (Fsp3) is 0.333. The van der Waals surface area contributed by atoms with E-state index in [4.69, 9.17) is 42.1 Å². The summed E-state index contributed by atoms with van der Waals surface area (Å²) in [7, 11) is 0. The lowest BCUT2D eigenvalue weighted by Gasteiger charge is -2.32. The van der Waals surface area contributed by atoms with Crippen LogP contribution in [-0.4, -0.2) is 25.8 Å². The topological polar surface area (TPSA) is 36.9 Å². The van der Waals surface area contributed by atoms with Gasteiger partial charge in [-0.3, -0.25) is 0 Å². The molecule has 128 valence electrons. The van der Waals surface area contributed by atoms with E-state index in [2.05, 4.69) is 0 Å². The highest BCUT2D eigenvalue weighted by Crippen LogP contribution is 2.26. The van der Waals surface area contributed by atoms with E-state index in [1.54, 1.807) is 24.3 Å². The lowest BCUT2D eigenvalue weighted by molar-refractivity contribution is -0.271. The van der Waals surface area contributed by atoms with Crippen LogP contribution in [0.25, 0.3) is 0 Å². The maximum atomic E-state index is 6.04. The first-order valence-corrected chi connectivity index (χ1v) is 8.37. The van der Waals surface area contributed by atoms with Gasteiger partial charge in [0.15, 0.2) is 0 Å². The van der Waals surface area contributed by atoms with Crippen LogP contribution < -0.4 is 9.47 Å². The number of halogens is 2. The molecule has 2 atom stereocenters. The third kappa shape index (κ3) is 4.14. The molecular weight excluding hydrogens is 351 g/mol. The van der Waals surface area contributed by atoms with Gasteiger partial charge in [0, 0.05) is 10.0 Å². The van der Waals surface area contributed by atoms with Crippen molar-refractivity contribution in [1.82, 2.24) is 0 Å². The molecule has 0 radical (unpaired) electrons. The van der Waals surface area contributed by atoms with Gasteiger partial charge in [-0.15, -0.1) is 0 Å². The summed E-state index contributed by atoms with van der Waals surface area (Å²) >= 11 is 12.1. The molecule has 0 unspecified atom stereocenters. The van der Waals surface area contributed by atoms with Crippen LogP contribution >= 0.6 is 23.2 Å². The first-order valence-electron chi connectivity index (χ1n) is 7.62. The van der Waals surface area contributed by atoms with Crippen molar-refractivity contribution in [1.29, 1.82) is 0 Å². The molecule has 4 nitrogen and oxygen atoms in total. The first kappa shape index (κ1) is 17.4. The molecule has 3 rings (SSSR count). The second kappa shape index (κ2) is 7.62. The molecule has 1 fully saturated rings. The van der Waals surface area contributed by atoms with Crippen molar-refractivity contribution in [2.24, 2.45) is 0 Å². The molecule has 0 aromatic heterocycles. The van der Waals surface area contributed by atoms with Crippen LogP contribution in [0, 0.1) is 13.8 Å². The van der Waals surface area contributed by atoms with Gasteiger partial charge in [-0.05, 0) is 61.4 Å². The number of ether oxygens (including phenoxy) is 4. The Kier molecular flexibility index (Phi) is 5.51. The summed E-state index contributed by atoms with van der Waals surface area (Å²) in [5.41, 5.74) is 1.85. The molecule has 1 heterocycles. The van der Waals surface area contributed by atoms with Crippen LogP contribution in [0.2, 0.25) is 10.0 Å². The molecule has 1 aliphatic rings. The molecule has 0 amide bonds. The van der Waals surface area contributed by atoms with Crippen LogP contribution in [0.1, 0.15) is 11.1 Å². The van der Waals surface area contributed by atoms with Gasteiger partial charge < -0.3 is 18.9 Å². The van der Waals surface area contributed by atoms with Crippen LogP contribution in [0.5, 0.6) is 11.5 Å². The van der Waals surface area contributed by atoms with Gasteiger partial charge in [-0.2, -0.15) is 0 Å². The van der Waals surface area contributed by atoms with E-state index < -0.39 is 12.6 Å². The molecule has 0 aliphatic carbocycles. The second-order valence-electron chi connectivity index (χ2n) is 5.54. The van der Waals surface area contributed by atoms with Gasteiger partial charge in [-0.1, -0.05) is 23.2 Å². The molecule has 1 saturated heterocycles. The summed E-state index contributed by atoms with van der Waals surface area (Å²) in [5, 5.41) is 1.38. The van der Waals surface area contributed by atoms with Crippen molar-refractivity contribution in [2.75, 3.05) is 13.2 Å². The van der Waals surface area contributed by atoms with Crippen molar-refractivity contribution in [3.05, 3.63) is 57.6 Å². The van der Waals surface area contributed by atoms with Crippen LogP contribution in [-0.2, 0) is 9.47 Å². The highest BCUT2D eigenvalue weighted by molar-refractivity contribution is 6.31. The van der Waals surface area contributed by atoms with Crippen LogP contribution in [0.15, 0.2) is 36.4 Å². The molecule has 0 N–H and O–H groups in total. The van der Waals surface area contributed by atoms with Crippen molar-refractivity contribution in [3.8, 4) is 11.5 Å². The highest BCUT2D eigenvalue weighted by Gasteiger charge is 2.31. The Hall–Kier alpha value is -1.46. The normalized spacial score (nSPS) is 20.7. The fourth-order valence-electron chi connectivity index (χ4n) is 2.31. The molecule has 0 saturated carbocycles. The van der Waals surface area contributed by atoms with Crippen molar-refractivity contribution >= 4 is 23.2 Å². The summed E-state index contributed by atoms with van der Waals surface area (Å²) in [4.78, 5) is 0. The van der Waals surface area contributed by atoms with E-state index in [0.29, 0.717) is 34.8 Å². The summed E-state index contributed by atoms with van der Waals surface area (Å²) < 4.78 is 23.1. The molecular formula is C18H18Cl2O4. The van der Waals surface area contributed by atoms with Gasteiger partial charge in [0.25, 0.3) is 12.6 Å². The molecule has 6 heteroatoms. The van der Waals surface area contributed by atoms with Crippen molar-refractivity contribution < 1.29 is 18.9 Å². The molecule has 0 spiro atoms. The molecule has 1 aliphatic heterocycles. The maximum absolute atomic E-state index is 6.04. The van der Waals surface area contributed by atoms with E-state index in [1.807, 2.05) is 26.0 Å². The van der Waals surface area contributed by atoms with Crippen LogP contribution in [0.3, 0.4) is 0 Å². The number of hydrogen-bond acceptors (Lipinski definition) is 4. The first-order chi connectivity index (χ1) is 11.5. The van der Waals surface area contributed by atoms with Crippen molar-refractivity contribution in [3.63, 3.8) is 0 Å². The zero-order chi connectivity index (χ0) is 17.1. The zero-order valence-corrected chi connectivity index (χ0v) is 14.9. The minimum Gasteiger partial charge on any atom is -0.458 e. The van der Waals surface area contributed by atoms with Gasteiger partial charge in [0.1, 0.15) is 11.5 Å². The average Bonchev–Trinajstić information content (AvgIpc) is 2.56. The molecule has 2 aromatic carbocycles. The van der Waals surface area contributed by atoms with Gasteiger partial charge >= 0.3 is 0 Å². The van der Waals surface area contributed by atoms with E-state index >= 15 is 0 Å². The van der Waals surface area contributed by atoms with Gasteiger partial charge in [0.05, 0.1) is 13.2 Å². The lowest BCUT2D eigenvalue weighted by Crippen LogP contribution is -2.45. The Morgan fingerprint density at radius 2 is 1.21 bits per heavy atom. The Morgan fingerprint density at radius 1 is 0.792 bits per heavy atom. The Morgan fingerprint density at radius 3 is 1.58 bits per heavy atom. The largest absolute Gasteiger partial charge is 0.458 e. The summed E-state index contributed by atoms with van der Waals surface area (Å²) in [6.07, 6.45) is -1.34. The minimum absolute atomic E-state index is 0.441. The second-order valence-corrected chi connectivity index (χ2v) is 6.35. The Balaban J connectivity index is 1.72. The van der Waals surface area contributed by atoms with Gasteiger partial charge in [0.2, 0.25) is 0 Å². The predicted molar refractivity (Wildman–Crippen MR) is 93.1 cm³/mol. The highest BCUT2D eigenvalue weighted by atomic mass is 35.5. The number of hydrogen-bond donors (Lipinski definition) is 0. The third-order valence-corrected chi connectivity index (χ3v) is 4.48. The minimum atomic E-state index is -0.671. The third-order valence-electron chi connectivity index (χ3n) is 3.63.